The third-order valence-corrected chi connectivity index (χ3v) is 6.01. The van der Waals surface area contributed by atoms with Gasteiger partial charge in [-0.15, -0.1) is 0 Å². The van der Waals surface area contributed by atoms with Gasteiger partial charge in [-0.25, -0.2) is 4.79 Å². The molecule has 0 N–H and O–H groups in total. The Hall–Kier alpha value is -1.49. The van der Waals surface area contributed by atoms with Crippen LogP contribution in [0.25, 0.3) is 0 Å². The second-order valence-electron chi connectivity index (χ2n) is 6.17. The highest BCUT2D eigenvalue weighted by molar-refractivity contribution is 8.01. The van der Waals surface area contributed by atoms with Crippen molar-refractivity contribution in [3.8, 4) is 0 Å². The zero-order valence-corrected chi connectivity index (χ0v) is 14.0. The molecule has 2 aliphatic rings. The Morgan fingerprint density at radius 1 is 1.22 bits per heavy atom. The number of carbonyl (C=O) groups is 2. The highest BCUT2D eigenvalue weighted by Crippen LogP contribution is 2.44. The summed E-state index contributed by atoms with van der Waals surface area (Å²) in [5, 5.41) is 0.374. The summed E-state index contributed by atoms with van der Waals surface area (Å²) in [5.74, 6) is -0.715. The second-order valence-corrected chi connectivity index (χ2v) is 7.73. The fourth-order valence-electron chi connectivity index (χ4n) is 3.11. The summed E-state index contributed by atoms with van der Waals surface area (Å²) in [4.78, 5) is 23.1. The van der Waals surface area contributed by atoms with Crippen molar-refractivity contribution < 1.29 is 19.1 Å². The predicted molar refractivity (Wildman–Crippen MR) is 88.8 cm³/mol. The molecule has 1 aliphatic carbocycles. The van der Waals surface area contributed by atoms with Gasteiger partial charge in [0, 0.05) is 11.7 Å². The van der Waals surface area contributed by atoms with Crippen molar-refractivity contribution in [1.29, 1.82) is 0 Å². The molecular weight excluding hydrogens is 312 g/mol. The Kier molecular flexibility index (Phi) is 5.26. The van der Waals surface area contributed by atoms with Crippen LogP contribution < -0.4 is 0 Å². The van der Waals surface area contributed by atoms with Gasteiger partial charge in [-0.2, -0.15) is 0 Å². The minimum absolute atomic E-state index is 0.213. The monoisotopic (exact) mass is 334 g/mol. The Bertz CT molecular complexity index is 553. The fourth-order valence-corrected chi connectivity index (χ4v) is 4.74. The Morgan fingerprint density at radius 3 is 2.61 bits per heavy atom. The van der Waals surface area contributed by atoms with Gasteiger partial charge in [-0.05, 0) is 18.4 Å². The predicted octanol–water partition coefficient (Wildman–Crippen LogP) is 3.83. The molecule has 1 heterocycles. The molecule has 4 nitrogen and oxygen atoms in total. The summed E-state index contributed by atoms with van der Waals surface area (Å²) < 4.78 is 10.9. The minimum Gasteiger partial charge on any atom is -0.457 e. The summed E-state index contributed by atoms with van der Waals surface area (Å²) in [6.45, 7) is 0.213. The third-order valence-electron chi connectivity index (χ3n) is 4.37. The second kappa shape index (κ2) is 7.39. The summed E-state index contributed by atoms with van der Waals surface area (Å²) in [6, 6.07) is 9.56. The number of hydrogen-bond donors (Lipinski definition) is 0. The zero-order chi connectivity index (χ0) is 16.1. The molecule has 1 aromatic rings. The molecule has 0 amide bonds. The first-order valence-corrected chi connectivity index (χ1v) is 9.17. The van der Waals surface area contributed by atoms with Crippen LogP contribution in [0.4, 0.5) is 0 Å². The van der Waals surface area contributed by atoms with Gasteiger partial charge in [0.15, 0.2) is 0 Å². The molecule has 0 spiro atoms. The van der Waals surface area contributed by atoms with Crippen molar-refractivity contribution >= 4 is 23.7 Å². The molecule has 1 aromatic carbocycles. The summed E-state index contributed by atoms with van der Waals surface area (Å²) in [7, 11) is 0. The van der Waals surface area contributed by atoms with Crippen molar-refractivity contribution in [2.75, 3.05) is 0 Å². The topological polar surface area (TPSA) is 52.6 Å². The lowest BCUT2D eigenvalue weighted by molar-refractivity contribution is -0.165. The van der Waals surface area contributed by atoms with E-state index in [0.717, 1.165) is 18.4 Å². The van der Waals surface area contributed by atoms with E-state index in [1.54, 1.807) is 0 Å². The number of carbonyl (C=O) groups excluding carboxylic acids is 2. The number of benzene rings is 1. The van der Waals surface area contributed by atoms with Gasteiger partial charge in [0.05, 0.1) is 6.42 Å². The molecule has 124 valence electrons. The molecular formula is C18H22O4S. The van der Waals surface area contributed by atoms with E-state index in [9.17, 15) is 9.59 Å². The van der Waals surface area contributed by atoms with Crippen LogP contribution in [0.2, 0.25) is 0 Å². The lowest BCUT2D eigenvalue weighted by Gasteiger charge is -2.31. The first-order valence-electron chi connectivity index (χ1n) is 8.29. The van der Waals surface area contributed by atoms with E-state index >= 15 is 0 Å². The zero-order valence-electron chi connectivity index (χ0n) is 13.2. The number of cyclic esters (lactones) is 1. The molecule has 2 fully saturated rings. The van der Waals surface area contributed by atoms with Crippen molar-refractivity contribution in [3.05, 3.63) is 35.9 Å². The molecule has 1 atom stereocenters. The summed E-state index contributed by atoms with van der Waals surface area (Å²) in [5.41, 5.74) is 0.933. The third kappa shape index (κ3) is 4.08. The Labute approximate surface area is 140 Å². The molecule has 1 saturated carbocycles. The highest BCUT2D eigenvalue weighted by Gasteiger charge is 2.51. The van der Waals surface area contributed by atoms with Gasteiger partial charge >= 0.3 is 11.9 Å². The maximum Gasteiger partial charge on any atom is 0.361 e. The minimum atomic E-state index is -1.13. The Morgan fingerprint density at radius 2 is 1.96 bits per heavy atom. The number of esters is 2. The lowest BCUT2D eigenvalue weighted by atomic mass is 10.0. The summed E-state index contributed by atoms with van der Waals surface area (Å²) >= 11 is 1.51. The van der Waals surface area contributed by atoms with Crippen LogP contribution in [-0.4, -0.2) is 22.1 Å². The fraction of sp³-hybridized carbons (Fsp3) is 0.556. The van der Waals surface area contributed by atoms with E-state index in [1.165, 1.54) is 31.0 Å². The van der Waals surface area contributed by atoms with E-state index in [-0.39, 0.29) is 12.6 Å². The standard InChI is InChI=1S/C18H22O4S/c19-16-11-12-18(22-16,23-15-9-5-2-6-10-15)17(20)21-13-14-7-3-1-4-8-14/h1,3-4,7-8,15H,2,5-6,9-13H2. The SMILES string of the molecule is O=C1CCC(SC2CCCCC2)(C(=O)OCc2ccccc2)O1. The van der Waals surface area contributed by atoms with Crippen molar-refractivity contribution in [2.45, 2.75) is 61.7 Å². The first-order chi connectivity index (χ1) is 11.2. The lowest BCUT2D eigenvalue weighted by Crippen LogP contribution is -2.38. The first kappa shape index (κ1) is 16.4. The van der Waals surface area contributed by atoms with Gasteiger partial charge in [0.25, 0.3) is 4.93 Å². The van der Waals surface area contributed by atoms with Crippen molar-refractivity contribution in [1.82, 2.24) is 0 Å². The normalized spacial score (nSPS) is 25.1. The van der Waals surface area contributed by atoms with Crippen LogP contribution in [0.3, 0.4) is 0 Å². The van der Waals surface area contributed by atoms with Gasteiger partial charge in [0.2, 0.25) is 0 Å². The maximum absolute atomic E-state index is 12.6. The average molecular weight is 334 g/mol. The van der Waals surface area contributed by atoms with Gasteiger partial charge in [0.1, 0.15) is 6.61 Å². The van der Waals surface area contributed by atoms with E-state index < -0.39 is 10.9 Å². The van der Waals surface area contributed by atoms with E-state index in [0.29, 0.717) is 18.1 Å². The smallest absolute Gasteiger partial charge is 0.361 e. The van der Waals surface area contributed by atoms with Crippen LogP contribution in [0.1, 0.15) is 50.5 Å². The number of ether oxygens (including phenoxy) is 2. The van der Waals surface area contributed by atoms with Crippen LogP contribution >= 0.6 is 11.8 Å². The molecule has 0 radical (unpaired) electrons. The molecule has 0 bridgehead atoms. The number of rotatable bonds is 5. The van der Waals surface area contributed by atoms with Gasteiger partial charge in [-0.3, -0.25) is 4.79 Å². The Balaban J connectivity index is 1.65. The molecule has 5 heteroatoms. The van der Waals surface area contributed by atoms with Crippen LogP contribution in [0.5, 0.6) is 0 Å². The van der Waals surface area contributed by atoms with Crippen molar-refractivity contribution in [3.63, 3.8) is 0 Å². The quantitative estimate of drug-likeness (QED) is 0.766. The summed E-state index contributed by atoms with van der Waals surface area (Å²) in [6.07, 6.45) is 6.48. The number of thioether (sulfide) groups is 1. The largest absolute Gasteiger partial charge is 0.457 e. The van der Waals surface area contributed by atoms with Crippen LogP contribution in [-0.2, 0) is 25.7 Å². The molecule has 0 aromatic heterocycles. The van der Waals surface area contributed by atoms with E-state index in [2.05, 4.69) is 0 Å². The van der Waals surface area contributed by atoms with Gasteiger partial charge in [-0.1, -0.05) is 61.4 Å². The molecule has 23 heavy (non-hydrogen) atoms. The maximum atomic E-state index is 12.6. The highest BCUT2D eigenvalue weighted by atomic mass is 32.2. The number of hydrogen-bond acceptors (Lipinski definition) is 5. The molecule has 3 rings (SSSR count). The van der Waals surface area contributed by atoms with Crippen LogP contribution in [0, 0.1) is 0 Å². The van der Waals surface area contributed by atoms with Crippen LogP contribution in [0.15, 0.2) is 30.3 Å². The molecule has 1 unspecified atom stereocenters. The van der Waals surface area contributed by atoms with E-state index in [4.69, 9.17) is 9.47 Å². The van der Waals surface area contributed by atoms with E-state index in [1.807, 2.05) is 30.3 Å². The molecule has 1 aliphatic heterocycles. The average Bonchev–Trinajstić information content (AvgIpc) is 2.96. The van der Waals surface area contributed by atoms with Gasteiger partial charge < -0.3 is 9.47 Å². The molecule has 1 saturated heterocycles. The van der Waals surface area contributed by atoms with Crippen molar-refractivity contribution in [2.24, 2.45) is 0 Å².